The molecule has 8 rings (SSSR count). The highest BCUT2D eigenvalue weighted by Gasteiger charge is 2.54. The third-order valence-electron chi connectivity index (χ3n) is 10.2. The fourth-order valence-corrected chi connectivity index (χ4v) is 8.69. The van der Waals surface area contributed by atoms with Crippen LogP contribution >= 0.6 is 35.6 Å². The van der Waals surface area contributed by atoms with Crippen LogP contribution in [0.1, 0.15) is 52.5 Å². The van der Waals surface area contributed by atoms with E-state index in [1.165, 1.54) is 4.90 Å². The number of hydrogen-bond acceptors (Lipinski definition) is 10. The topological polar surface area (TPSA) is 136 Å². The molecule has 0 spiro atoms. The zero-order chi connectivity index (χ0) is 40.2. The van der Waals surface area contributed by atoms with Gasteiger partial charge in [0, 0.05) is 21.6 Å². The number of anilines is 1. The van der Waals surface area contributed by atoms with Gasteiger partial charge in [-0.1, -0.05) is 180 Å². The lowest BCUT2D eigenvalue weighted by Gasteiger charge is -2.50. The summed E-state index contributed by atoms with van der Waals surface area (Å²) in [5.41, 5.74) is 8.22. The number of allylic oxidation sites excluding steroid dienone is 1. The number of carbonyl (C=O) groups excluding carboxylic acids is 3. The summed E-state index contributed by atoms with van der Waals surface area (Å²) in [6, 6.07) is 45.7. The minimum atomic E-state index is -1.34. The number of aromatic nitrogens is 1. The van der Waals surface area contributed by atoms with Crippen LogP contribution < -0.4 is 11.1 Å². The zero-order valence-electron chi connectivity index (χ0n) is 30.8. The van der Waals surface area contributed by atoms with Gasteiger partial charge >= 0.3 is 5.97 Å². The maximum atomic E-state index is 14.4. The number of nitrogen functional groups attached to an aromatic ring is 1. The Balaban J connectivity index is 1.11. The summed E-state index contributed by atoms with van der Waals surface area (Å²) in [4.78, 5) is 55.3. The number of thiazole rings is 1. The number of ether oxygens (including phenoxy) is 1. The molecular weight excluding hydrogens is 790 g/mol. The van der Waals surface area contributed by atoms with Crippen LogP contribution in [0.25, 0.3) is 0 Å². The highest BCUT2D eigenvalue weighted by Crippen LogP contribution is 2.42. The van der Waals surface area contributed by atoms with Crippen molar-refractivity contribution >= 4 is 64.2 Å². The second-order valence-electron chi connectivity index (χ2n) is 13.7. The molecule has 6 aromatic rings. The first-order valence-electron chi connectivity index (χ1n) is 18.5. The summed E-state index contributed by atoms with van der Waals surface area (Å²) >= 11 is 12.2. The molecule has 1 fully saturated rings. The van der Waals surface area contributed by atoms with E-state index in [4.69, 9.17) is 26.9 Å². The first kappa shape index (κ1) is 38.7. The summed E-state index contributed by atoms with van der Waals surface area (Å²) < 4.78 is 6.25. The molecule has 1 saturated heterocycles. The van der Waals surface area contributed by atoms with E-state index in [9.17, 15) is 14.4 Å². The Hall–Kier alpha value is -6.21. The number of rotatable bonds is 12. The van der Waals surface area contributed by atoms with E-state index in [0.29, 0.717) is 17.7 Å². The van der Waals surface area contributed by atoms with Gasteiger partial charge in [0.2, 0.25) is 5.60 Å². The van der Waals surface area contributed by atoms with Gasteiger partial charge in [0.25, 0.3) is 11.8 Å². The molecule has 2 unspecified atom stereocenters. The molecule has 58 heavy (non-hydrogen) atoms. The largest absolute Gasteiger partial charge is 0.448 e. The molecule has 0 bridgehead atoms. The highest BCUT2D eigenvalue weighted by atomic mass is 35.5. The van der Waals surface area contributed by atoms with E-state index in [2.05, 4.69) is 28.1 Å². The van der Waals surface area contributed by atoms with Gasteiger partial charge in [-0.3, -0.25) is 14.5 Å². The molecule has 290 valence electrons. The van der Waals surface area contributed by atoms with Crippen LogP contribution in [0.15, 0.2) is 167 Å². The summed E-state index contributed by atoms with van der Waals surface area (Å²) in [7, 11) is 0. The normalized spacial score (nSPS) is 16.7. The number of esters is 1. The van der Waals surface area contributed by atoms with Crippen LogP contribution in [-0.2, 0) is 29.6 Å². The molecule has 13 heteroatoms. The smallest absolute Gasteiger partial charge is 0.356 e. The Morgan fingerprint density at radius 3 is 1.78 bits per heavy atom. The van der Waals surface area contributed by atoms with Crippen LogP contribution in [0.3, 0.4) is 0 Å². The number of hydrogen-bond donors (Lipinski definition) is 3. The molecule has 5 aromatic carbocycles. The van der Waals surface area contributed by atoms with Gasteiger partial charge in [-0.05, 0) is 24.0 Å². The molecule has 10 nitrogen and oxygen atoms in total. The molecule has 2 amide bonds. The molecule has 0 aliphatic carbocycles. The highest BCUT2D eigenvalue weighted by molar-refractivity contribution is 7.84. The second-order valence-corrected chi connectivity index (χ2v) is 15.8. The summed E-state index contributed by atoms with van der Waals surface area (Å²) in [6.07, 6.45) is 0.0707. The standard InChI is InChI=1S/C45H36ClN5O5S2/c46-40-36(49-44(47)58-40)37(50-56-45(30-20-10-3-11-21-30,31-22-12-4-13-23-31)32-24-14-5-15-25-32)41(52)48-35-33-26-27-34(57)38(51(33)42(35)53)43(54)55-39(28-16-6-1-7-17-28)29-18-8-2-9-19-29/h1-25,33,35,39,57H,26-27H2,(H2,47,49)(H,48,52)/b50-37+. The van der Waals surface area contributed by atoms with E-state index in [0.717, 1.165) is 39.2 Å². The molecular formula is C45H36ClN5O5S2. The number of carbonyl (C=O) groups is 3. The Labute approximate surface area is 349 Å². The van der Waals surface area contributed by atoms with Crippen molar-refractivity contribution in [3.05, 3.63) is 200 Å². The van der Waals surface area contributed by atoms with Crippen LogP contribution in [-0.4, -0.2) is 45.5 Å². The zero-order valence-corrected chi connectivity index (χ0v) is 33.2. The summed E-state index contributed by atoms with van der Waals surface area (Å²) in [5, 5.41) is 7.50. The van der Waals surface area contributed by atoms with Gasteiger partial charge in [-0.2, -0.15) is 0 Å². The monoisotopic (exact) mass is 825 g/mol. The Morgan fingerprint density at radius 2 is 1.31 bits per heavy atom. The summed E-state index contributed by atoms with van der Waals surface area (Å²) in [6.45, 7) is 0. The fourth-order valence-electron chi connectivity index (χ4n) is 7.44. The van der Waals surface area contributed by atoms with Gasteiger partial charge < -0.3 is 20.6 Å². The average Bonchev–Trinajstić information content (AvgIpc) is 3.61. The number of nitrogens with two attached hydrogens (primary N) is 1. The number of oxime groups is 1. The van der Waals surface area contributed by atoms with Crippen LogP contribution in [0, 0.1) is 0 Å². The molecule has 1 aromatic heterocycles. The van der Waals surface area contributed by atoms with Gasteiger partial charge in [-0.15, -0.1) is 12.6 Å². The molecule has 3 N–H and O–H groups in total. The van der Waals surface area contributed by atoms with E-state index in [-0.39, 0.29) is 26.6 Å². The van der Waals surface area contributed by atoms with Crippen LogP contribution in [0.2, 0.25) is 4.34 Å². The van der Waals surface area contributed by atoms with E-state index < -0.39 is 41.6 Å². The number of halogens is 1. The number of nitrogens with zero attached hydrogens (tertiary/aromatic N) is 3. The predicted molar refractivity (Wildman–Crippen MR) is 227 cm³/mol. The van der Waals surface area contributed by atoms with Crippen molar-refractivity contribution in [2.75, 3.05) is 5.73 Å². The maximum absolute atomic E-state index is 14.4. The minimum Gasteiger partial charge on any atom is -0.448 e. The van der Waals surface area contributed by atoms with Crippen molar-refractivity contribution in [3.63, 3.8) is 0 Å². The third kappa shape index (κ3) is 7.37. The average molecular weight is 826 g/mol. The quantitative estimate of drug-likeness (QED) is 0.0284. The van der Waals surface area contributed by atoms with Crippen molar-refractivity contribution < 1.29 is 24.0 Å². The van der Waals surface area contributed by atoms with Gasteiger partial charge in [-0.25, -0.2) is 9.78 Å². The number of fused-ring (bicyclic) bond motifs is 1. The Kier molecular flexibility index (Phi) is 11.1. The van der Waals surface area contributed by atoms with Crippen molar-refractivity contribution in [2.24, 2.45) is 5.16 Å². The number of amides is 2. The Bertz CT molecular complexity index is 2370. The van der Waals surface area contributed by atoms with Crippen LogP contribution in [0.5, 0.6) is 0 Å². The lowest BCUT2D eigenvalue weighted by atomic mass is 9.80. The molecule has 2 atom stereocenters. The summed E-state index contributed by atoms with van der Waals surface area (Å²) in [5.74, 6) is -1.99. The SMILES string of the molecule is Nc1nc(/C(=N\OC(c2ccccc2)(c2ccccc2)c2ccccc2)C(=O)NC2C(=O)N3C(C(=O)OC(c4ccccc4)c4ccccc4)=C(S)CCC23)c(Cl)s1. The molecule has 3 heterocycles. The van der Waals surface area contributed by atoms with Crippen molar-refractivity contribution in [3.8, 4) is 0 Å². The van der Waals surface area contributed by atoms with Gasteiger partial charge in [0.1, 0.15) is 21.8 Å². The number of β-lactam (4-membered cyclic amide) rings is 1. The van der Waals surface area contributed by atoms with Crippen molar-refractivity contribution in [1.29, 1.82) is 0 Å². The van der Waals surface area contributed by atoms with Crippen molar-refractivity contribution in [2.45, 2.75) is 36.6 Å². The lowest BCUT2D eigenvalue weighted by molar-refractivity contribution is -0.158. The number of nitrogens with one attached hydrogen (secondary N) is 1. The van der Waals surface area contributed by atoms with Gasteiger partial charge in [0.15, 0.2) is 16.9 Å². The molecule has 0 radical (unpaired) electrons. The first-order valence-corrected chi connectivity index (χ1v) is 20.1. The van der Waals surface area contributed by atoms with Crippen LogP contribution in [0.4, 0.5) is 5.13 Å². The third-order valence-corrected chi connectivity index (χ3v) is 11.7. The van der Waals surface area contributed by atoms with E-state index >= 15 is 0 Å². The number of benzene rings is 5. The molecule has 0 saturated carbocycles. The second kappa shape index (κ2) is 16.7. The van der Waals surface area contributed by atoms with E-state index in [1.54, 1.807) is 0 Å². The van der Waals surface area contributed by atoms with E-state index in [1.807, 2.05) is 152 Å². The van der Waals surface area contributed by atoms with Gasteiger partial charge in [0.05, 0.1) is 6.04 Å². The lowest BCUT2D eigenvalue weighted by Crippen LogP contribution is -2.72. The predicted octanol–water partition coefficient (Wildman–Crippen LogP) is 8.06. The maximum Gasteiger partial charge on any atom is 0.356 e. The molecule has 2 aliphatic heterocycles. The minimum absolute atomic E-state index is 0.00769. The Morgan fingerprint density at radius 1 is 0.828 bits per heavy atom. The fraction of sp³-hybridized carbons (Fsp3) is 0.133. The first-order chi connectivity index (χ1) is 28.3. The molecule has 2 aliphatic rings. The van der Waals surface area contributed by atoms with Crippen molar-refractivity contribution in [1.82, 2.24) is 15.2 Å². The number of thiol groups is 1.